The highest BCUT2D eigenvalue weighted by molar-refractivity contribution is 9.10. The fraction of sp³-hybridized carbons (Fsp3) is 0.312. The summed E-state index contributed by atoms with van der Waals surface area (Å²) in [4.78, 5) is 4.32. The van der Waals surface area contributed by atoms with Crippen LogP contribution in [0.5, 0.6) is 11.5 Å². The molecular formula is C16H19BrN2O. The van der Waals surface area contributed by atoms with Crippen molar-refractivity contribution in [2.24, 2.45) is 0 Å². The van der Waals surface area contributed by atoms with Crippen molar-refractivity contribution in [2.75, 3.05) is 7.05 Å². The quantitative estimate of drug-likeness (QED) is 0.905. The van der Waals surface area contributed by atoms with E-state index in [1.807, 2.05) is 38.4 Å². The zero-order chi connectivity index (χ0) is 14.7. The summed E-state index contributed by atoms with van der Waals surface area (Å²) < 4.78 is 7.19. The van der Waals surface area contributed by atoms with E-state index in [0.29, 0.717) is 0 Å². The number of ether oxygens (including phenoxy) is 1. The van der Waals surface area contributed by atoms with Gasteiger partial charge < -0.3 is 10.1 Å². The predicted molar refractivity (Wildman–Crippen MR) is 85.4 cm³/mol. The van der Waals surface area contributed by atoms with Gasteiger partial charge in [0.15, 0.2) is 0 Å². The Morgan fingerprint density at radius 2 is 1.80 bits per heavy atom. The number of hydrogen-bond donors (Lipinski definition) is 1. The van der Waals surface area contributed by atoms with E-state index in [1.165, 1.54) is 11.1 Å². The molecule has 0 radical (unpaired) electrons. The summed E-state index contributed by atoms with van der Waals surface area (Å²) in [6.45, 7) is 6.83. The first-order valence-corrected chi connectivity index (χ1v) is 7.35. The smallest absolute Gasteiger partial charge is 0.135 e. The predicted octanol–water partition coefficient (Wildman–Crippen LogP) is 4.28. The molecule has 1 aromatic heterocycles. The van der Waals surface area contributed by atoms with Gasteiger partial charge in [-0.05, 0) is 51.1 Å². The van der Waals surface area contributed by atoms with Gasteiger partial charge in [-0.15, -0.1) is 0 Å². The molecule has 0 aliphatic heterocycles. The second-order valence-corrected chi connectivity index (χ2v) is 5.73. The van der Waals surface area contributed by atoms with Crippen molar-refractivity contribution in [3.8, 4) is 11.5 Å². The van der Waals surface area contributed by atoms with E-state index in [9.17, 15) is 0 Å². The summed E-state index contributed by atoms with van der Waals surface area (Å²) >= 11 is 3.57. The number of benzene rings is 1. The first-order valence-electron chi connectivity index (χ1n) is 6.56. The molecule has 106 valence electrons. The number of aryl methyl sites for hydroxylation is 3. The molecule has 0 fully saturated rings. The van der Waals surface area contributed by atoms with Crippen molar-refractivity contribution in [3.05, 3.63) is 51.3 Å². The van der Waals surface area contributed by atoms with Crippen LogP contribution in [0.25, 0.3) is 0 Å². The highest BCUT2D eigenvalue weighted by Crippen LogP contribution is 2.31. The molecule has 2 rings (SSSR count). The molecule has 0 atom stereocenters. The largest absolute Gasteiger partial charge is 0.457 e. The Balaban J connectivity index is 2.36. The lowest BCUT2D eigenvalue weighted by Gasteiger charge is -2.13. The van der Waals surface area contributed by atoms with Gasteiger partial charge in [0, 0.05) is 34.5 Å². The van der Waals surface area contributed by atoms with E-state index < -0.39 is 0 Å². The molecule has 4 heteroatoms. The van der Waals surface area contributed by atoms with E-state index in [-0.39, 0.29) is 0 Å². The molecular weight excluding hydrogens is 316 g/mol. The van der Waals surface area contributed by atoms with Crippen LogP contribution in [0.4, 0.5) is 0 Å². The Hall–Kier alpha value is -1.39. The number of rotatable bonds is 4. The van der Waals surface area contributed by atoms with Crippen LogP contribution in [0.3, 0.4) is 0 Å². The number of nitrogens with zero attached hydrogens (tertiary/aromatic N) is 1. The normalized spacial score (nSPS) is 10.7. The third kappa shape index (κ3) is 3.38. The van der Waals surface area contributed by atoms with Crippen molar-refractivity contribution in [2.45, 2.75) is 27.3 Å². The fourth-order valence-electron chi connectivity index (χ4n) is 2.07. The lowest BCUT2D eigenvalue weighted by molar-refractivity contribution is 0.471. The average molecular weight is 335 g/mol. The molecule has 0 aliphatic carbocycles. The third-order valence-electron chi connectivity index (χ3n) is 3.09. The maximum atomic E-state index is 6.06. The molecule has 0 spiro atoms. The van der Waals surface area contributed by atoms with E-state index >= 15 is 0 Å². The summed E-state index contributed by atoms with van der Waals surface area (Å²) in [5.41, 5.74) is 4.34. The number of hydrogen-bond acceptors (Lipinski definition) is 3. The second kappa shape index (κ2) is 6.37. The molecule has 0 saturated heterocycles. The van der Waals surface area contributed by atoms with Gasteiger partial charge in [-0.2, -0.15) is 0 Å². The van der Waals surface area contributed by atoms with Crippen LogP contribution in [0.1, 0.15) is 22.4 Å². The van der Waals surface area contributed by atoms with Crippen molar-refractivity contribution in [3.63, 3.8) is 0 Å². The summed E-state index contributed by atoms with van der Waals surface area (Å²) in [5, 5.41) is 3.13. The summed E-state index contributed by atoms with van der Waals surface area (Å²) in [5.74, 6) is 1.71. The monoisotopic (exact) mass is 334 g/mol. The molecule has 2 aromatic rings. The van der Waals surface area contributed by atoms with E-state index in [0.717, 1.165) is 33.8 Å². The maximum Gasteiger partial charge on any atom is 0.135 e. The van der Waals surface area contributed by atoms with E-state index in [2.05, 4.69) is 40.1 Å². The second-order valence-electron chi connectivity index (χ2n) is 4.94. The highest BCUT2D eigenvalue weighted by Gasteiger charge is 2.08. The zero-order valence-corrected chi connectivity index (χ0v) is 13.8. The lowest BCUT2D eigenvalue weighted by atomic mass is 10.1. The Labute approximate surface area is 128 Å². The minimum atomic E-state index is 0.733. The lowest BCUT2D eigenvalue weighted by Crippen LogP contribution is -2.07. The zero-order valence-electron chi connectivity index (χ0n) is 12.2. The molecule has 0 aliphatic rings. The summed E-state index contributed by atoms with van der Waals surface area (Å²) in [6.07, 6.45) is 1.86. The molecule has 1 N–H and O–H groups in total. The Bertz CT molecular complexity index is 603. The van der Waals surface area contributed by atoms with Gasteiger partial charge in [0.2, 0.25) is 0 Å². The van der Waals surface area contributed by atoms with Gasteiger partial charge in [0.1, 0.15) is 11.5 Å². The molecule has 0 amide bonds. The molecule has 20 heavy (non-hydrogen) atoms. The van der Waals surface area contributed by atoms with Gasteiger partial charge >= 0.3 is 0 Å². The van der Waals surface area contributed by atoms with Crippen LogP contribution in [0.15, 0.2) is 28.9 Å². The first-order chi connectivity index (χ1) is 9.51. The van der Waals surface area contributed by atoms with Gasteiger partial charge in [-0.1, -0.05) is 15.9 Å². The Kier molecular flexibility index (Phi) is 4.78. The molecule has 3 nitrogen and oxygen atoms in total. The number of nitrogens with one attached hydrogen (secondary N) is 1. The molecule has 0 bridgehead atoms. The van der Waals surface area contributed by atoms with Crippen molar-refractivity contribution < 1.29 is 4.74 Å². The van der Waals surface area contributed by atoms with Crippen molar-refractivity contribution in [1.29, 1.82) is 0 Å². The third-order valence-corrected chi connectivity index (χ3v) is 4.34. The maximum absolute atomic E-state index is 6.06. The highest BCUT2D eigenvalue weighted by atomic mass is 79.9. The van der Waals surface area contributed by atoms with Gasteiger partial charge in [0.05, 0.1) is 0 Å². The van der Waals surface area contributed by atoms with Gasteiger partial charge in [-0.3, -0.25) is 4.98 Å². The SMILES string of the molecule is CNCc1cnc(C)cc1Oc1cc(C)c(Br)c(C)c1. The van der Waals surface area contributed by atoms with Crippen LogP contribution in [-0.2, 0) is 6.54 Å². The van der Waals surface area contributed by atoms with Gasteiger partial charge in [0.25, 0.3) is 0 Å². The van der Waals surface area contributed by atoms with Crippen LogP contribution in [0, 0.1) is 20.8 Å². The van der Waals surface area contributed by atoms with Crippen LogP contribution < -0.4 is 10.1 Å². The van der Waals surface area contributed by atoms with Crippen molar-refractivity contribution in [1.82, 2.24) is 10.3 Å². The minimum Gasteiger partial charge on any atom is -0.457 e. The number of pyridine rings is 1. The topological polar surface area (TPSA) is 34.2 Å². The standard InChI is InChI=1S/C16H19BrN2O/c1-10-5-14(6-11(2)16(10)17)20-15-7-12(3)19-9-13(15)8-18-4/h5-7,9,18H,8H2,1-4H3. The molecule has 0 saturated carbocycles. The van der Waals surface area contributed by atoms with E-state index in [4.69, 9.17) is 4.74 Å². The summed E-state index contributed by atoms with van der Waals surface area (Å²) in [7, 11) is 1.91. The molecule has 1 heterocycles. The number of aromatic nitrogens is 1. The Morgan fingerprint density at radius 1 is 1.15 bits per heavy atom. The van der Waals surface area contributed by atoms with Crippen LogP contribution in [0.2, 0.25) is 0 Å². The summed E-state index contributed by atoms with van der Waals surface area (Å²) in [6, 6.07) is 6.05. The minimum absolute atomic E-state index is 0.733. The average Bonchev–Trinajstić information content (AvgIpc) is 2.39. The molecule has 0 unspecified atom stereocenters. The van der Waals surface area contributed by atoms with Crippen LogP contribution in [-0.4, -0.2) is 12.0 Å². The van der Waals surface area contributed by atoms with Gasteiger partial charge in [-0.25, -0.2) is 0 Å². The van der Waals surface area contributed by atoms with E-state index in [1.54, 1.807) is 0 Å². The Morgan fingerprint density at radius 3 is 2.40 bits per heavy atom. The van der Waals surface area contributed by atoms with Crippen molar-refractivity contribution >= 4 is 15.9 Å². The fourth-order valence-corrected chi connectivity index (χ4v) is 2.30. The first kappa shape index (κ1) is 15.0. The molecule has 1 aromatic carbocycles. The van der Waals surface area contributed by atoms with Crippen LogP contribution >= 0.6 is 15.9 Å². The number of halogens is 1.